The number of nitrogens with one attached hydrogen (secondary N) is 1. The number of carbonyl (C=O) groups excluding carboxylic acids is 2. The highest BCUT2D eigenvalue weighted by molar-refractivity contribution is 7.10. The molecule has 5 rings (SSSR count). The van der Waals surface area contributed by atoms with Gasteiger partial charge < -0.3 is 10.2 Å². The van der Waals surface area contributed by atoms with E-state index in [1.807, 2.05) is 70.9 Å². The van der Waals surface area contributed by atoms with Crippen LogP contribution in [0.15, 0.2) is 66.0 Å². The Kier molecular flexibility index (Phi) is 6.03. The molecule has 2 heterocycles. The molecule has 2 amide bonds. The van der Waals surface area contributed by atoms with Crippen LogP contribution in [0.2, 0.25) is 5.02 Å². The molecule has 1 N–H and O–H groups in total. The van der Waals surface area contributed by atoms with Crippen molar-refractivity contribution in [1.82, 2.24) is 10.2 Å². The van der Waals surface area contributed by atoms with Crippen molar-refractivity contribution in [1.29, 1.82) is 0 Å². The van der Waals surface area contributed by atoms with E-state index in [2.05, 4.69) is 5.32 Å². The van der Waals surface area contributed by atoms with Crippen molar-refractivity contribution in [3.8, 4) is 0 Å². The maximum Gasteiger partial charge on any atom is 0.254 e. The number of nitrogens with zero attached hydrogens (tertiary/aromatic N) is 1. The van der Waals surface area contributed by atoms with E-state index in [1.165, 1.54) is 0 Å². The number of benzene rings is 2. The first-order valence-corrected chi connectivity index (χ1v) is 12.4. The second-order valence-corrected chi connectivity index (χ2v) is 9.87. The fourth-order valence-corrected chi connectivity index (χ4v) is 6.18. The molecule has 32 heavy (non-hydrogen) atoms. The van der Waals surface area contributed by atoms with Crippen LogP contribution < -0.4 is 5.32 Å². The highest BCUT2D eigenvalue weighted by Gasteiger charge is 2.47. The van der Waals surface area contributed by atoms with Crippen LogP contribution in [0.4, 0.5) is 0 Å². The second kappa shape index (κ2) is 9.08. The summed E-state index contributed by atoms with van der Waals surface area (Å²) in [4.78, 5) is 30.5. The molecule has 3 aromatic rings. The molecule has 1 aliphatic heterocycles. The molecule has 164 valence electrons. The molecule has 2 aromatic carbocycles. The minimum atomic E-state index is -0.467. The third-order valence-corrected chi connectivity index (χ3v) is 7.93. The molecule has 1 aromatic heterocycles. The number of halogens is 1. The Balaban J connectivity index is 1.55. The molecule has 0 unspecified atom stereocenters. The van der Waals surface area contributed by atoms with Gasteiger partial charge in [-0.2, -0.15) is 0 Å². The molecule has 1 aliphatic carbocycles. The van der Waals surface area contributed by atoms with Crippen LogP contribution in [0.5, 0.6) is 0 Å². The molecule has 0 spiro atoms. The highest BCUT2D eigenvalue weighted by atomic mass is 35.5. The van der Waals surface area contributed by atoms with Gasteiger partial charge in [0.1, 0.15) is 0 Å². The predicted molar refractivity (Wildman–Crippen MR) is 128 cm³/mol. The third-order valence-electron chi connectivity index (χ3n) is 6.62. The number of thiophene rings is 1. The van der Waals surface area contributed by atoms with E-state index in [4.69, 9.17) is 11.6 Å². The lowest BCUT2D eigenvalue weighted by atomic mass is 9.80. The van der Waals surface area contributed by atoms with E-state index in [9.17, 15) is 9.59 Å². The number of hydrogen-bond acceptors (Lipinski definition) is 3. The van der Waals surface area contributed by atoms with Crippen molar-refractivity contribution in [2.24, 2.45) is 0 Å². The lowest BCUT2D eigenvalue weighted by Crippen LogP contribution is -2.50. The smallest absolute Gasteiger partial charge is 0.254 e. The van der Waals surface area contributed by atoms with Crippen molar-refractivity contribution >= 4 is 34.8 Å². The SMILES string of the molecule is O=C(NCc1ccccc1Cl)[C@@H]1c2ccccc2C(=O)N(C2CCCC2)[C@@H]1c1cccs1. The predicted octanol–water partition coefficient (Wildman–Crippen LogP) is 5.94. The number of hydrogen-bond donors (Lipinski definition) is 1. The Bertz CT molecular complexity index is 1120. The van der Waals surface area contributed by atoms with Gasteiger partial charge in [-0.05, 0) is 47.5 Å². The van der Waals surface area contributed by atoms with Crippen LogP contribution in [0.3, 0.4) is 0 Å². The van der Waals surface area contributed by atoms with Gasteiger partial charge in [-0.3, -0.25) is 9.59 Å². The lowest BCUT2D eigenvalue weighted by Gasteiger charge is -2.44. The van der Waals surface area contributed by atoms with Gasteiger partial charge in [0.25, 0.3) is 5.91 Å². The van der Waals surface area contributed by atoms with Crippen LogP contribution in [0.1, 0.15) is 64.0 Å². The molecule has 0 bridgehead atoms. The van der Waals surface area contributed by atoms with E-state index in [0.29, 0.717) is 17.1 Å². The highest BCUT2D eigenvalue weighted by Crippen LogP contribution is 2.47. The van der Waals surface area contributed by atoms with Gasteiger partial charge in [-0.1, -0.05) is 66.9 Å². The number of rotatable bonds is 5. The molecule has 1 saturated carbocycles. The maximum atomic E-state index is 13.7. The zero-order valence-corrected chi connectivity index (χ0v) is 19.2. The molecule has 0 saturated heterocycles. The molecule has 2 atom stereocenters. The van der Waals surface area contributed by atoms with Gasteiger partial charge in [0.15, 0.2) is 0 Å². The van der Waals surface area contributed by atoms with E-state index >= 15 is 0 Å². The Morgan fingerprint density at radius 3 is 2.53 bits per heavy atom. The van der Waals surface area contributed by atoms with Crippen molar-refractivity contribution in [2.75, 3.05) is 0 Å². The normalized spacial score (nSPS) is 20.9. The van der Waals surface area contributed by atoms with Crippen LogP contribution in [-0.2, 0) is 11.3 Å². The largest absolute Gasteiger partial charge is 0.351 e. The average Bonchev–Trinajstić information content (AvgIpc) is 3.53. The summed E-state index contributed by atoms with van der Waals surface area (Å²) in [5, 5.41) is 5.76. The average molecular weight is 465 g/mol. The monoisotopic (exact) mass is 464 g/mol. The zero-order valence-electron chi connectivity index (χ0n) is 17.7. The van der Waals surface area contributed by atoms with Crippen LogP contribution in [0.25, 0.3) is 0 Å². The lowest BCUT2D eigenvalue weighted by molar-refractivity contribution is -0.124. The van der Waals surface area contributed by atoms with Crippen molar-refractivity contribution < 1.29 is 9.59 Å². The van der Waals surface area contributed by atoms with E-state index in [1.54, 1.807) is 11.3 Å². The van der Waals surface area contributed by atoms with Gasteiger partial charge in [0, 0.05) is 28.0 Å². The fraction of sp³-hybridized carbons (Fsp3) is 0.308. The van der Waals surface area contributed by atoms with Crippen LogP contribution in [-0.4, -0.2) is 22.8 Å². The van der Waals surface area contributed by atoms with Crippen LogP contribution >= 0.6 is 22.9 Å². The molecular weight excluding hydrogens is 440 g/mol. The van der Waals surface area contributed by atoms with Crippen molar-refractivity contribution in [3.05, 3.63) is 92.6 Å². The standard InChI is InChI=1S/C26H25ClN2O2S/c27-21-13-6-1-8-17(21)16-28-25(30)23-19-11-4-5-12-20(19)26(31)29(18-9-2-3-10-18)24(23)22-14-7-15-32-22/h1,4-8,11-15,18,23-24H,2-3,9-10,16H2,(H,28,30)/t23-,24-/m1/s1. The first-order valence-electron chi connectivity index (χ1n) is 11.1. The summed E-state index contributed by atoms with van der Waals surface area (Å²) in [6.07, 6.45) is 4.22. The Hall–Kier alpha value is -2.63. The second-order valence-electron chi connectivity index (χ2n) is 8.49. The topological polar surface area (TPSA) is 49.4 Å². The summed E-state index contributed by atoms with van der Waals surface area (Å²) in [7, 11) is 0. The number of fused-ring (bicyclic) bond motifs is 1. The molecule has 1 fully saturated rings. The maximum absolute atomic E-state index is 13.7. The molecule has 4 nitrogen and oxygen atoms in total. The first-order chi connectivity index (χ1) is 15.6. The van der Waals surface area contributed by atoms with Crippen LogP contribution in [0, 0.1) is 0 Å². The molecule has 0 radical (unpaired) electrons. The van der Waals surface area contributed by atoms with Gasteiger partial charge in [-0.15, -0.1) is 11.3 Å². The van der Waals surface area contributed by atoms with Gasteiger partial charge in [0.05, 0.1) is 12.0 Å². The van der Waals surface area contributed by atoms with Crippen molar-refractivity contribution in [2.45, 2.75) is 50.2 Å². The minimum Gasteiger partial charge on any atom is -0.351 e. The van der Waals surface area contributed by atoms with Gasteiger partial charge >= 0.3 is 0 Å². The fourth-order valence-electron chi connectivity index (χ4n) is 5.11. The van der Waals surface area contributed by atoms with Crippen molar-refractivity contribution in [3.63, 3.8) is 0 Å². The quantitative estimate of drug-likeness (QED) is 0.507. The zero-order chi connectivity index (χ0) is 22.1. The molecular formula is C26H25ClN2O2S. The minimum absolute atomic E-state index is 0.0426. The van der Waals surface area contributed by atoms with E-state index < -0.39 is 5.92 Å². The number of carbonyl (C=O) groups is 2. The summed E-state index contributed by atoms with van der Waals surface area (Å²) in [5.41, 5.74) is 2.33. The third kappa shape index (κ3) is 3.84. The van der Waals surface area contributed by atoms with E-state index in [-0.39, 0.29) is 23.9 Å². The summed E-state index contributed by atoms with van der Waals surface area (Å²) < 4.78 is 0. The summed E-state index contributed by atoms with van der Waals surface area (Å²) in [6.45, 7) is 0.353. The summed E-state index contributed by atoms with van der Waals surface area (Å²) in [6, 6.07) is 19.0. The first kappa shape index (κ1) is 21.2. The van der Waals surface area contributed by atoms with Gasteiger partial charge in [-0.25, -0.2) is 0 Å². The van der Waals surface area contributed by atoms with Gasteiger partial charge in [0.2, 0.25) is 5.91 Å². The molecule has 6 heteroatoms. The Morgan fingerprint density at radius 1 is 1.03 bits per heavy atom. The summed E-state index contributed by atoms with van der Waals surface area (Å²) >= 11 is 7.92. The Morgan fingerprint density at radius 2 is 1.78 bits per heavy atom. The number of amides is 2. The Labute approximate surface area is 197 Å². The van der Waals surface area contributed by atoms with E-state index in [0.717, 1.165) is 41.7 Å². The molecule has 2 aliphatic rings. The summed E-state index contributed by atoms with van der Waals surface area (Å²) in [5.74, 6) is -0.502.